The summed E-state index contributed by atoms with van der Waals surface area (Å²) in [6.07, 6.45) is 2.12. The summed E-state index contributed by atoms with van der Waals surface area (Å²) in [5.74, 6) is 0.862. The van der Waals surface area contributed by atoms with E-state index >= 15 is 0 Å². The van der Waals surface area contributed by atoms with Crippen molar-refractivity contribution in [2.24, 2.45) is 0 Å². The lowest BCUT2D eigenvalue weighted by atomic mass is 10.1. The van der Waals surface area contributed by atoms with Crippen molar-refractivity contribution in [3.63, 3.8) is 0 Å². The van der Waals surface area contributed by atoms with Crippen LogP contribution in [0.3, 0.4) is 0 Å². The summed E-state index contributed by atoms with van der Waals surface area (Å²) in [6.45, 7) is 4.75. The number of carbonyl (C=O) groups is 1. The van der Waals surface area contributed by atoms with Crippen LogP contribution in [0.1, 0.15) is 30.9 Å². The molecule has 0 aromatic heterocycles. The smallest absolute Gasteiger partial charge is 0.224 e. The predicted molar refractivity (Wildman–Crippen MR) is 102 cm³/mol. The van der Waals surface area contributed by atoms with Crippen LogP contribution < -0.4 is 15.8 Å². The Kier molecular flexibility index (Phi) is 8.13. The van der Waals surface area contributed by atoms with Crippen LogP contribution in [-0.4, -0.2) is 12.5 Å². The highest BCUT2D eigenvalue weighted by atomic mass is 35.5. The van der Waals surface area contributed by atoms with Gasteiger partial charge in [-0.05, 0) is 55.2 Å². The fraction of sp³-hybridized carbons (Fsp3) is 0.316. The Bertz CT molecular complexity index is 657. The molecule has 24 heavy (non-hydrogen) atoms. The highest BCUT2D eigenvalue weighted by Gasteiger charge is 2.06. The van der Waals surface area contributed by atoms with E-state index in [2.05, 4.69) is 12.2 Å². The third-order valence-electron chi connectivity index (χ3n) is 3.57. The summed E-state index contributed by atoms with van der Waals surface area (Å²) >= 11 is 0. The number of anilines is 2. The molecule has 0 saturated heterocycles. The third-order valence-corrected chi connectivity index (χ3v) is 3.57. The molecule has 0 atom stereocenters. The molecule has 0 bridgehead atoms. The third kappa shape index (κ3) is 6.13. The van der Waals surface area contributed by atoms with Crippen LogP contribution in [0.15, 0.2) is 42.5 Å². The second-order valence-corrected chi connectivity index (χ2v) is 5.61. The zero-order valence-electron chi connectivity index (χ0n) is 14.2. The van der Waals surface area contributed by atoms with Gasteiger partial charge < -0.3 is 15.8 Å². The van der Waals surface area contributed by atoms with Crippen LogP contribution in [0.25, 0.3) is 0 Å². The van der Waals surface area contributed by atoms with Gasteiger partial charge in [0.25, 0.3) is 0 Å². The number of ether oxygens (including phenoxy) is 1. The van der Waals surface area contributed by atoms with Crippen molar-refractivity contribution in [2.45, 2.75) is 33.1 Å². The summed E-state index contributed by atoms with van der Waals surface area (Å²) < 4.78 is 5.55. The van der Waals surface area contributed by atoms with Crippen molar-refractivity contribution < 1.29 is 9.53 Å². The first-order valence-corrected chi connectivity index (χ1v) is 7.96. The van der Waals surface area contributed by atoms with Crippen LogP contribution in [0, 0.1) is 6.92 Å². The Morgan fingerprint density at radius 1 is 1.17 bits per heavy atom. The molecular weight excluding hydrogens is 324 g/mol. The number of halogens is 1. The van der Waals surface area contributed by atoms with Gasteiger partial charge in [-0.25, -0.2) is 0 Å². The molecule has 1 amide bonds. The number of amides is 1. The van der Waals surface area contributed by atoms with E-state index in [1.807, 2.05) is 43.3 Å². The minimum absolute atomic E-state index is 0. The fourth-order valence-electron chi connectivity index (χ4n) is 2.22. The van der Waals surface area contributed by atoms with Gasteiger partial charge in [-0.1, -0.05) is 25.1 Å². The highest BCUT2D eigenvalue weighted by Crippen LogP contribution is 2.19. The van der Waals surface area contributed by atoms with Gasteiger partial charge in [0.05, 0.1) is 6.61 Å². The molecule has 0 spiro atoms. The number of hydrogen-bond acceptors (Lipinski definition) is 3. The number of nitrogens with two attached hydrogens (primary N) is 1. The average Bonchev–Trinajstić information content (AvgIpc) is 2.55. The normalized spacial score (nSPS) is 9.92. The molecule has 0 unspecified atom stereocenters. The minimum Gasteiger partial charge on any atom is -0.494 e. The van der Waals surface area contributed by atoms with E-state index in [-0.39, 0.29) is 18.3 Å². The molecule has 0 aliphatic rings. The Balaban J connectivity index is 0.00000288. The quantitative estimate of drug-likeness (QED) is 0.731. The zero-order valence-corrected chi connectivity index (χ0v) is 15.0. The maximum absolute atomic E-state index is 12.1. The lowest BCUT2D eigenvalue weighted by Gasteiger charge is -2.09. The predicted octanol–water partition coefficient (Wildman–Crippen LogP) is 4.36. The first kappa shape index (κ1) is 19.8. The molecule has 0 heterocycles. The van der Waals surface area contributed by atoms with E-state index in [0.29, 0.717) is 18.5 Å². The standard InChI is InChI=1S/C19H24N2O2.ClH/c1-3-12-23-17-9-5-15(6-10-17)7-11-19(22)21-18-13-16(20)8-4-14(18)2;/h4-6,8-10,13H,3,7,11-12,20H2,1-2H3,(H,21,22);1H. The first-order chi connectivity index (χ1) is 11.1. The molecule has 2 rings (SSSR count). The van der Waals surface area contributed by atoms with Crippen molar-refractivity contribution in [1.29, 1.82) is 0 Å². The van der Waals surface area contributed by atoms with E-state index in [1.165, 1.54) is 0 Å². The molecule has 130 valence electrons. The molecule has 0 aliphatic heterocycles. The molecule has 4 nitrogen and oxygen atoms in total. The monoisotopic (exact) mass is 348 g/mol. The Hall–Kier alpha value is -2.20. The lowest BCUT2D eigenvalue weighted by Crippen LogP contribution is -2.13. The van der Waals surface area contributed by atoms with Crippen molar-refractivity contribution >= 4 is 29.7 Å². The summed E-state index contributed by atoms with van der Waals surface area (Å²) in [5.41, 5.74) is 9.30. The molecule has 0 fully saturated rings. The molecule has 0 aliphatic carbocycles. The van der Waals surface area contributed by atoms with Gasteiger partial charge in [-0.15, -0.1) is 12.4 Å². The molecular formula is C19H25ClN2O2. The number of rotatable bonds is 7. The summed E-state index contributed by atoms with van der Waals surface area (Å²) in [4.78, 5) is 12.1. The van der Waals surface area contributed by atoms with E-state index < -0.39 is 0 Å². The molecule has 2 aromatic rings. The summed E-state index contributed by atoms with van der Waals surface area (Å²) in [7, 11) is 0. The van der Waals surface area contributed by atoms with Crippen molar-refractivity contribution in [2.75, 3.05) is 17.7 Å². The van der Waals surface area contributed by atoms with Gasteiger partial charge in [0, 0.05) is 17.8 Å². The number of hydrogen-bond donors (Lipinski definition) is 2. The fourth-order valence-corrected chi connectivity index (χ4v) is 2.22. The molecule has 2 aromatic carbocycles. The first-order valence-electron chi connectivity index (χ1n) is 7.96. The molecule has 0 radical (unpaired) electrons. The van der Waals surface area contributed by atoms with Gasteiger partial charge in [0.15, 0.2) is 0 Å². The van der Waals surface area contributed by atoms with Crippen molar-refractivity contribution in [1.82, 2.24) is 0 Å². The second kappa shape index (κ2) is 9.83. The average molecular weight is 349 g/mol. The number of benzene rings is 2. The maximum atomic E-state index is 12.1. The number of carbonyl (C=O) groups excluding carboxylic acids is 1. The van der Waals surface area contributed by atoms with Crippen molar-refractivity contribution in [3.8, 4) is 5.75 Å². The number of nitrogen functional groups attached to an aromatic ring is 1. The minimum atomic E-state index is -0.00925. The second-order valence-electron chi connectivity index (χ2n) is 5.61. The molecule has 0 saturated carbocycles. The van der Waals surface area contributed by atoms with Gasteiger partial charge in [-0.3, -0.25) is 4.79 Å². The number of aryl methyl sites for hydroxylation is 2. The molecule has 3 N–H and O–H groups in total. The SMILES string of the molecule is CCCOc1ccc(CCC(=O)Nc2cc(N)ccc2C)cc1.Cl. The van der Waals surface area contributed by atoms with E-state index in [4.69, 9.17) is 10.5 Å². The number of nitrogens with one attached hydrogen (secondary N) is 1. The Morgan fingerprint density at radius 3 is 2.54 bits per heavy atom. The Labute approximate surface area is 149 Å². The largest absolute Gasteiger partial charge is 0.494 e. The highest BCUT2D eigenvalue weighted by molar-refractivity contribution is 5.92. The lowest BCUT2D eigenvalue weighted by molar-refractivity contribution is -0.116. The van der Waals surface area contributed by atoms with Crippen LogP contribution in [0.5, 0.6) is 5.75 Å². The zero-order chi connectivity index (χ0) is 16.7. The maximum Gasteiger partial charge on any atom is 0.224 e. The van der Waals surface area contributed by atoms with Crippen LogP contribution in [-0.2, 0) is 11.2 Å². The summed E-state index contributed by atoms with van der Waals surface area (Å²) in [5, 5.41) is 2.92. The molecule has 5 heteroatoms. The van der Waals surface area contributed by atoms with Gasteiger partial charge in [-0.2, -0.15) is 0 Å². The summed E-state index contributed by atoms with van der Waals surface area (Å²) in [6, 6.07) is 13.4. The van der Waals surface area contributed by atoms with Crippen LogP contribution in [0.4, 0.5) is 11.4 Å². The van der Waals surface area contributed by atoms with Gasteiger partial charge in [0.1, 0.15) is 5.75 Å². The van der Waals surface area contributed by atoms with Crippen LogP contribution in [0.2, 0.25) is 0 Å². The van der Waals surface area contributed by atoms with Gasteiger partial charge in [0.2, 0.25) is 5.91 Å². The van der Waals surface area contributed by atoms with Crippen LogP contribution >= 0.6 is 12.4 Å². The Morgan fingerprint density at radius 2 is 1.88 bits per heavy atom. The van der Waals surface area contributed by atoms with E-state index in [0.717, 1.165) is 35.6 Å². The topological polar surface area (TPSA) is 64.3 Å². The van der Waals surface area contributed by atoms with Gasteiger partial charge >= 0.3 is 0 Å². The van der Waals surface area contributed by atoms with Crippen molar-refractivity contribution in [3.05, 3.63) is 53.6 Å². The van der Waals surface area contributed by atoms with E-state index in [1.54, 1.807) is 6.07 Å². The van der Waals surface area contributed by atoms with E-state index in [9.17, 15) is 4.79 Å².